The van der Waals surface area contributed by atoms with Gasteiger partial charge in [-0.3, -0.25) is 4.79 Å². The number of carbonyl (C=O) groups is 1. The summed E-state index contributed by atoms with van der Waals surface area (Å²) in [5.74, 6) is 0.133. The summed E-state index contributed by atoms with van der Waals surface area (Å²) in [6.07, 6.45) is 3.64. The second-order valence-electron chi connectivity index (χ2n) is 5.89. The molecule has 1 aliphatic heterocycles. The molecule has 0 bridgehead atoms. The van der Waals surface area contributed by atoms with Gasteiger partial charge < -0.3 is 15.4 Å². The van der Waals surface area contributed by atoms with E-state index in [4.69, 9.17) is 10.5 Å². The van der Waals surface area contributed by atoms with Crippen molar-refractivity contribution in [2.75, 3.05) is 6.54 Å². The van der Waals surface area contributed by atoms with Crippen molar-refractivity contribution < 1.29 is 9.53 Å². The lowest BCUT2D eigenvalue weighted by Gasteiger charge is -2.26. The Morgan fingerprint density at radius 2 is 2.14 bits per heavy atom. The highest BCUT2D eigenvalue weighted by atomic mass is 79.9. The van der Waals surface area contributed by atoms with Crippen LogP contribution in [0.5, 0.6) is 0 Å². The Bertz CT molecular complexity index is 519. The van der Waals surface area contributed by atoms with Gasteiger partial charge in [0, 0.05) is 23.6 Å². The number of rotatable bonds is 5. The zero-order chi connectivity index (χ0) is 14.8. The zero-order valence-corrected chi connectivity index (χ0v) is 13.6. The third kappa shape index (κ3) is 3.65. The molecule has 1 aliphatic carbocycles. The number of hydrogen-bond acceptors (Lipinski definition) is 3. The van der Waals surface area contributed by atoms with Crippen molar-refractivity contribution in [1.82, 2.24) is 4.90 Å². The van der Waals surface area contributed by atoms with Crippen molar-refractivity contribution >= 4 is 21.8 Å². The lowest BCUT2D eigenvalue weighted by molar-refractivity contribution is -0.144. The molecule has 1 amide bonds. The average molecular weight is 353 g/mol. The Balaban J connectivity index is 1.68. The van der Waals surface area contributed by atoms with Crippen LogP contribution in [0.2, 0.25) is 0 Å². The molecule has 5 heteroatoms. The normalized spacial score (nSPS) is 25.0. The number of amides is 1. The van der Waals surface area contributed by atoms with Gasteiger partial charge in [0.1, 0.15) is 6.10 Å². The van der Waals surface area contributed by atoms with Crippen molar-refractivity contribution in [2.24, 2.45) is 5.73 Å². The summed E-state index contributed by atoms with van der Waals surface area (Å²) >= 11 is 3.48. The molecule has 2 atom stereocenters. The van der Waals surface area contributed by atoms with Gasteiger partial charge in [-0.2, -0.15) is 0 Å². The van der Waals surface area contributed by atoms with E-state index < -0.39 is 0 Å². The third-order valence-corrected chi connectivity index (χ3v) is 4.65. The van der Waals surface area contributed by atoms with Gasteiger partial charge in [-0.1, -0.05) is 28.1 Å². The lowest BCUT2D eigenvalue weighted by atomic mass is 10.1. The Hall–Kier alpha value is -0.910. The van der Waals surface area contributed by atoms with E-state index in [1.807, 2.05) is 17.0 Å². The van der Waals surface area contributed by atoms with Gasteiger partial charge in [-0.25, -0.2) is 0 Å². The molecular formula is C16H21BrN2O2. The molecule has 2 fully saturated rings. The minimum atomic E-state index is -0.300. The highest BCUT2D eigenvalue weighted by Gasteiger charge is 2.39. The summed E-state index contributed by atoms with van der Waals surface area (Å²) in [5, 5.41) is 0. The fourth-order valence-corrected chi connectivity index (χ4v) is 3.30. The SMILES string of the molecule is NC[C@H]1CC[C@@H](C(=O)N(Cc2cccc(Br)c2)C2CC2)O1. The van der Waals surface area contributed by atoms with Gasteiger partial charge in [-0.05, 0) is 43.4 Å². The van der Waals surface area contributed by atoms with Gasteiger partial charge in [0.05, 0.1) is 6.10 Å². The molecule has 0 radical (unpaired) electrons. The number of ether oxygens (including phenoxy) is 1. The molecule has 1 saturated carbocycles. The second kappa shape index (κ2) is 6.46. The van der Waals surface area contributed by atoms with Crippen molar-refractivity contribution in [3.63, 3.8) is 0 Å². The molecule has 1 heterocycles. The monoisotopic (exact) mass is 352 g/mol. The molecule has 1 aromatic carbocycles. The van der Waals surface area contributed by atoms with Crippen LogP contribution in [0, 0.1) is 0 Å². The maximum Gasteiger partial charge on any atom is 0.252 e. The second-order valence-corrected chi connectivity index (χ2v) is 6.80. The van der Waals surface area contributed by atoms with E-state index in [-0.39, 0.29) is 18.1 Å². The predicted molar refractivity (Wildman–Crippen MR) is 84.7 cm³/mol. The molecule has 1 aromatic rings. The molecule has 0 unspecified atom stereocenters. The first-order valence-electron chi connectivity index (χ1n) is 7.58. The van der Waals surface area contributed by atoms with Gasteiger partial charge in [-0.15, -0.1) is 0 Å². The van der Waals surface area contributed by atoms with E-state index in [1.165, 1.54) is 0 Å². The standard InChI is InChI=1S/C16H21BrN2O2/c17-12-3-1-2-11(8-12)10-19(13-4-5-13)16(20)15-7-6-14(9-18)21-15/h1-3,8,13-15H,4-7,9-10,18H2/t14-,15+/m1/s1. The Morgan fingerprint density at radius 1 is 1.33 bits per heavy atom. The summed E-state index contributed by atoms with van der Waals surface area (Å²) in [7, 11) is 0. The lowest BCUT2D eigenvalue weighted by Crippen LogP contribution is -2.40. The van der Waals surface area contributed by atoms with Gasteiger partial charge in [0.2, 0.25) is 0 Å². The quantitative estimate of drug-likeness (QED) is 0.885. The van der Waals surface area contributed by atoms with Crippen LogP contribution < -0.4 is 5.73 Å². The molecule has 2 N–H and O–H groups in total. The summed E-state index contributed by atoms with van der Waals surface area (Å²) in [6.45, 7) is 1.16. The first-order chi connectivity index (χ1) is 10.2. The highest BCUT2D eigenvalue weighted by Crippen LogP contribution is 2.31. The minimum absolute atomic E-state index is 0.0471. The molecular weight excluding hydrogens is 332 g/mol. The van der Waals surface area contributed by atoms with E-state index in [0.717, 1.165) is 35.7 Å². The van der Waals surface area contributed by atoms with Crippen LogP contribution in [0.1, 0.15) is 31.2 Å². The molecule has 114 valence electrons. The van der Waals surface area contributed by atoms with Gasteiger partial charge in [0.25, 0.3) is 5.91 Å². The smallest absolute Gasteiger partial charge is 0.252 e. The largest absolute Gasteiger partial charge is 0.364 e. The molecule has 4 nitrogen and oxygen atoms in total. The van der Waals surface area contributed by atoms with Crippen LogP contribution in [-0.4, -0.2) is 35.6 Å². The number of benzene rings is 1. The van der Waals surface area contributed by atoms with Crippen LogP contribution in [0.15, 0.2) is 28.7 Å². The van der Waals surface area contributed by atoms with Crippen molar-refractivity contribution in [1.29, 1.82) is 0 Å². The van der Waals surface area contributed by atoms with Crippen LogP contribution in [0.3, 0.4) is 0 Å². The highest BCUT2D eigenvalue weighted by molar-refractivity contribution is 9.10. The van der Waals surface area contributed by atoms with Crippen LogP contribution in [0.4, 0.5) is 0 Å². The first kappa shape index (κ1) is 15.0. The average Bonchev–Trinajstić information content (AvgIpc) is 3.20. The van der Waals surface area contributed by atoms with Gasteiger partial charge >= 0.3 is 0 Å². The van der Waals surface area contributed by atoms with Crippen LogP contribution >= 0.6 is 15.9 Å². The summed E-state index contributed by atoms with van der Waals surface area (Å²) in [4.78, 5) is 14.7. The zero-order valence-electron chi connectivity index (χ0n) is 12.0. The number of halogens is 1. The maximum absolute atomic E-state index is 12.7. The Labute approximate surface area is 133 Å². The van der Waals surface area contributed by atoms with Crippen molar-refractivity contribution in [3.8, 4) is 0 Å². The number of nitrogens with two attached hydrogens (primary N) is 1. The summed E-state index contributed by atoms with van der Waals surface area (Å²) in [6, 6.07) is 8.52. The number of nitrogens with zero attached hydrogens (tertiary/aromatic N) is 1. The van der Waals surface area contributed by atoms with Crippen molar-refractivity contribution in [3.05, 3.63) is 34.3 Å². The molecule has 2 aliphatic rings. The van der Waals surface area contributed by atoms with E-state index in [9.17, 15) is 4.79 Å². The topological polar surface area (TPSA) is 55.6 Å². The third-order valence-electron chi connectivity index (χ3n) is 4.16. The molecule has 3 rings (SSSR count). The molecule has 0 aromatic heterocycles. The Kier molecular flexibility index (Phi) is 4.62. The summed E-state index contributed by atoms with van der Waals surface area (Å²) in [5.41, 5.74) is 6.78. The van der Waals surface area contributed by atoms with Crippen LogP contribution in [-0.2, 0) is 16.1 Å². The molecule has 0 spiro atoms. The Morgan fingerprint density at radius 3 is 2.76 bits per heavy atom. The summed E-state index contributed by atoms with van der Waals surface area (Å²) < 4.78 is 6.81. The predicted octanol–water partition coefficient (Wildman–Crippen LogP) is 2.45. The van der Waals surface area contributed by atoms with E-state index in [2.05, 4.69) is 28.1 Å². The first-order valence-corrected chi connectivity index (χ1v) is 8.37. The van der Waals surface area contributed by atoms with Crippen LogP contribution in [0.25, 0.3) is 0 Å². The van der Waals surface area contributed by atoms with E-state index >= 15 is 0 Å². The fraction of sp³-hybridized carbons (Fsp3) is 0.562. The van der Waals surface area contributed by atoms with Gasteiger partial charge in [0.15, 0.2) is 0 Å². The van der Waals surface area contributed by atoms with Crippen molar-refractivity contribution in [2.45, 2.75) is 50.5 Å². The number of carbonyl (C=O) groups excluding carboxylic acids is 1. The van der Waals surface area contributed by atoms with E-state index in [0.29, 0.717) is 19.1 Å². The molecule has 1 saturated heterocycles. The minimum Gasteiger partial charge on any atom is -0.364 e. The maximum atomic E-state index is 12.7. The van der Waals surface area contributed by atoms with E-state index in [1.54, 1.807) is 0 Å². The number of hydrogen-bond donors (Lipinski definition) is 1. The fourth-order valence-electron chi connectivity index (χ4n) is 2.85. The molecule has 21 heavy (non-hydrogen) atoms.